The first-order chi connectivity index (χ1) is 15.8. The summed E-state index contributed by atoms with van der Waals surface area (Å²) in [5.74, 6) is -3.15. The molecule has 0 radical (unpaired) electrons. The number of phosphoric ester groups is 1. The highest BCUT2D eigenvalue weighted by molar-refractivity contribution is 7.49. The number of carbonyl (C=O) groups excluding carboxylic acids is 1. The Hall–Kier alpha value is -2.67. The van der Waals surface area contributed by atoms with Crippen molar-refractivity contribution in [3.8, 4) is 5.75 Å². The summed E-state index contributed by atoms with van der Waals surface area (Å²) in [4.78, 5) is 36.5. The number of ether oxygens (including phenoxy) is 1. The minimum atomic E-state index is -4.41. The number of hydrogen-bond acceptors (Lipinski definition) is 10. The summed E-state index contributed by atoms with van der Waals surface area (Å²) >= 11 is 0. The first-order valence-electron chi connectivity index (χ1n) is 10.1. The number of benzene rings is 1. The number of fused-ring (bicyclic) bond motifs is 1. The molecule has 1 aromatic carbocycles. The number of aromatic amines is 1. The average Bonchev–Trinajstić information content (AvgIpc) is 2.94. The van der Waals surface area contributed by atoms with Crippen LogP contribution in [0.3, 0.4) is 0 Å². The van der Waals surface area contributed by atoms with Crippen LogP contribution in [0, 0.1) is 13.8 Å². The first kappa shape index (κ1) is 22.1. The van der Waals surface area contributed by atoms with Crippen molar-refractivity contribution < 1.29 is 43.6 Å². The number of nitrogens with zero attached hydrogens (tertiary/aromatic N) is 1. The lowest BCUT2D eigenvalue weighted by molar-refractivity contribution is -0.205. The molecule has 1 saturated heterocycles. The van der Waals surface area contributed by atoms with Crippen LogP contribution < -0.4 is 15.8 Å². The summed E-state index contributed by atoms with van der Waals surface area (Å²) in [6.07, 6.45) is -7.27. The third kappa shape index (κ3) is 4.19. The highest BCUT2D eigenvalue weighted by Crippen LogP contribution is 2.56. The minimum absolute atomic E-state index is 0.0619. The molecule has 0 aliphatic carbocycles. The van der Waals surface area contributed by atoms with E-state index in [1.165, 1.54) is 0 Å². The maximum atomic E-state index is 15.5. The zero-order chi connectivity index (χ0) is 25.1. The van der Waals surface area contributed by atoms with Gasteiger partial charge in [-0.1, -0.05) is 17.7 Å². The summed E-state index contributed by atoms with van der Waals surface area (Å²) < 4.78 is 57.3. The van der Waals surface area contributed by atoms with Gasteiger partial charge in [0.05, 0.1) is 13.5 Å². The molecular weight excluding hydrogens is 466 g/mol. The Bertz CT molecular complexity index is 1330. The van der Waals surface area contributed by atoms with Crippen LogP contribution in [0.1, 0.15) is 34.6 Å². The van der Waals surface area contributed by atoms with Gasteiger partial charge in [-0.2, -0.15) is 0 Å². The van der Waals surface area contributed by atoms with E-state index in [1.54, 1.807) is 24.0 Å². The van der Waals surface area contributed by atoms with Gasteiger partial charge in [0.25, 0.3) is 11.4 Å². The molecule has 1 fully saturated rings. The predicted molar refractivity (Wildman–Crippen MR) is 108 cm³/mol. The van der Waals surface area contributed by atoms with E-state index in [-0.39, 0.29) is 23.2 Å². The van der Waals surface area contributed by atoms with Crippen LogP contribution in [-0.4, -0.2) is 50.7 Å². The highest BCUT2D eigenvalue weighted by atomic mass is 31.2. The van der Waals surface area contributed by atoms with E-state index in [1.807, 2.05) is 6.92 Å². The second kappa shape index (κ2) is 8.28. The number of nitrogens with one attached hydrogen (secondary N) is 1. The Labute approximate surface area is 186 Å². The van der Waals surface area contributed by atoms with Crippen molar-refractivity contribution in [1.29, 1.82) is 0 Å². The van der Waals surface area contributed by atoms with Crippen LogP contribution in [0.2, 0.25) is 0 Å². The molecule has 0 bridgehead atoms. The molecule has 2 aliphatic rings. The zero-order valence-corrected chi connectivity index (χ0v) is 18.2. The number of alkyl halides is 1. The van der Waals surface area contributed by atoms with E-state index in [2.05, 4.69) is 0 Å². The standard InChI is InChI=1S/C19H20FN2O10P/c1-9-3-10(2)14-11(4-9)7-29-33(28,32-14)30-8-19(20)15(25)13(24)17(31-19)22-5-12(6-23)16(26)21-18(22)27/h3-6,13,15,17,24-25H,7-8H2,1-2H3,(H,21,26,27)/t13-,15+,17-,19-,33?/m1/s1/i17D. The molecule has 178 valence electrons. The quantitative estimate of drug-likeness (QED) is 0.402. The Balaban J connectivity index is 1.59. The molecule has 5 atom stereocenters. The summed E-state index contributed by atoms with van der Waals surface area (Å²) in [5, 5.41) is 20.6. The van der Waals surface area contributed by atoms with Gasteiger partial charge in [-0.25, -0.2) is 13.8 Å². The fraction of sp³-hybridized carbons (Fsp3) is 0.421. The van der Waals surface area contributed by atoms with Crippen LogP contribution in [0.25, 0.3) is 0 Å². The molecule has 4 rings (SSSR count). The van der Waals surface area contributed by atoms with Crippen LogP contribution in [-0.2, 0) is 25.0 Å². The lowest BCUT2D eigenvalue weighted by atomic mass is 10.1. The molecule has 2 aromatic rings. The molecule has 1 unspecified atom stereocenters. The van der Waals surface area contributed by atoms with E-state index in [4.69, 9.17) is 19.7 Å². The Kier molecular flexibility index (Phi) is 5.55. The van der Waals surface area contributed by atoms with Crippen LogP contribution in [0.5, 0.6) is 5.75 Å². The fourth-order valence-corrected chi connectivity index (χ4v) is 4.80. The van der Waals surface area contributed by atoms with Crippen molar-refractivity contribution in [3.63, 3.8) is 0 Å². The number of rotatable bonds is 5. The van der Waals surface area contributed by atoms with Crippen LogP contribution in [0.15, 0.2) is 27.9 Å². The van der Waals surface area contributed by atoms with E-state index in [0.717, 1.165) is 5.56 Å². The number of H-pyrrole nitrogens is 1. The van der Waals surface area contributed by atoms with Gasteiger partial charge in [-0.3, -0.25) is 28.2 Å². The second-order valence-electron chi connectivity index (χ2n) is 7.60. The number of aldehydes is 1. The Morgan fingerprint density at radius 3 is 2.85 bits per heavy atom. The molecule has 14 heteroatoms. The van der Waals surface area contributed by atoms with Crippen molar-refractivity contribution in [2.45, 2.75) is 44.7 Å². The van der Waals surface area contributed by atoms with Gasteiger partial charge in [-0.05, 0) is 19.4 Å². The highest BCUT2D eigenvalue weighted by Gasteiger charge is 2.57. The number of aromatic nitrogens is 2. The number of aliphatic hydroxyl groups is 2. The van der Waals surface area contributed by atoms with Crippen molar-refractivity contribution in [1.82, 2.24) is 9.55 Å². The second-order valence-corrected chi connectivity index (χ2v) is 9.20. The van der Waals surface area contributed by atoms with Gasteiger partial charge in [0.15, 0.2) is 12.5 Å². The smallest absolute Gasteiger partial charge is 0.403 e. The third-order valence-electron chi connectivity index (χ3n) is 5.10. The molecule has 3 heterocycles. The predicted octanol–water partition coefficient (Wildman–Crippen LogP) is 0.616. The average molecular weight is 487 g/mol. The van der Waals surface area contributed by atoms with Crippen LogP contribution >= 0.6 is 7.82 Å². The van der Waals surface area contributed by atoms with Crippen LogP contribution in [0.4, 0.5) is 4.39 Å². The maximum Gasteiger partial charge on any atom is 0.530 e. The number of halogens is 1. The molecule has 2 aliphatic heterocycles. The third-order valence-corrected chi connectivity index (χ3v) is 6.40. The SMILES string of the molecule is [2H][C@@]1(n2cc(C=O)c(=O)[nH]c2=O)O[C@](F)(COP2(=O)OCc3cc(C)cc(C)c3O2)[C@@H](O)[C@H]1O. The molecule has 1 aromatic heterocycles. The lowest BCUT2D eigenvalue weighted by Gasteiger charge is -2.29. The largest absolute Gasteiger partial charge is 0.530 e. The summed E-state index contributed by atoms with van der Waals surface area (Å²) in [7, 11) is -4.41. The van der Waals surface area contributed by atoms with Gasteiger partial charge in [0.1, 0.15) is 24.6 Å². The molecular formula is C19H20FN2O10P. The maximum absolute atomic E-state index is 15.5. The summed E-state index contributed by atoms with van der Waals surface area (Å²) in [6, 6.07) is 3.50. The van der Waals surface area contributed by atoms with Gasteiger partial charge in [0.2, 0.25) is 0 Å². The molecule has 12 nitrogen and oxygen atoms in total. The van der Waals surface area contributed by atoms with Crippen molar-refractivity contribution in [2.75, 3.05) is 6.61 Å². The van der Waals surface area contributed by atoms with Crippen molar-refractivity contribution in [2.24, 2.45) is 0 Å². The van der Waals surface area contributed by atoms with Gasteiger partial charge >= 0.3 is 13.5 Å². The number of aliphatic hydroxyl groups excluding tert-OH is 2. The molecule has 0 amide bonds. The van der Waals surface area contributed by atoms with E-state index < -0.39 is 55.5 Å². The van der Waals surface area contributed by atoms with Gasteiger partial charge in [-0.15, -0.1) is 0 Å². The number of aryl methyl sites for hydroxylation is 2. The summed E-state index contributed by atoms with van der Waals surface area (Å²) in [6.45, 7) is 2.03. The van der Waals surface area contributed by atoms with Crippen molar-refractivity contribution in [3.05, 3.63) is 61.4 Å². The summed E-state index contributed by atoms with van der Waals surface area (Å²) in [5.41, 5.74) is -0.916. The first-order valence-corrected chi connectivity index (χ1v) is 11.0. The number of carbonyl (C=O) groups is 1. The lowest BCUT2D eigenvalue weighted by Crippen LogP contribution is -2.43. The van der Waals surface area contributed by atoms with E-state index in [9.17, 15) is 29.2 Å². The molecule has 0 saturated carbocycles. The van der Waals surface area contributed by atoms with Gasteiger partial charge < -0.3 is 19.5 Å². The Morgan fingerprint density at radius 1 is 1.42 bits per heavy atom. The number of hydrogen-bond donors (Lipinski definition) is 3. The monoisotopic (exact) mass is 487 g/mol. The molecule has 33 heavy (non-hydrogen) atoms. The zero-order valence-electron chi connectivity index (χ0n) is 18.3. The topological polar surface area (TPSA) is 166 Å². The normalized spacial score (nSPS) is 33.8. The van der Waals surface area contributed by atoms with Gasteiger partial charge in [0, 0.05) is 11.8 Å². The fourth-order valence-electron chi connectivity index (χ4n) is 3.50. The Morgan fingerprint density at radius 2 is 2.15 bits per heavy atom. The number of phosphoric acid groups is 1. The molecule has 3 N–H and O–H groups in total. The van der Waals surface area contributed by atoms with Crippen molar-refractivity contribution >= 4 is 14.1 Å². The molecule has 0 spiro atoms. The minimum Gasteiger partial charge on any atom is -0.403 e. The van der Waals surface area contributed by atoms with E-state index in [0.29, 0.717) is 17.3 Å². The van der Waals surface area contributed by atoms with E-state index >= 15 is 4.39 Å².